The molecule has 3 rings (SSSR count). The normalized spacial score (nSPS) is 10.6. The van der Waals surface area contributed by atoms with Crippen LogP contribution in [0.4, 0.5) is 5.69 Å². The lowest BCUT2D eigenvalue weighted by atomic mass is 10.0. The number of pyridine rings is 1. The zero-order valence-electron chi connectivity index (χ0n) is 14.4. The zero-order chi connectivity index (χ0) is 19.6. The molecule has 0 saturated carbocycles. The standard InChI is InChI=1S/C17H14N4O6/c1-26-16(22)12-6-5-10(14-11(12)4-3-7-18-14)9-20-15(17(23)27-2)13(8-19-20)21(24)25/h3-8H,9H2,1-2H3. The minimum atomic E-state index is -0.873. The number of hydrogen-bond acceptors (Lipinski definition) is 8. The molecule has 2 heterocycles. The van der Waals surface area contributed by atoms with Crippen molar-refractivity contribution < 1.29 is 24.0 Å². The third-order valence-corrected chi connectivity index (χ3v) is 3.97. The van der Waals surface area contributed by atoms with Gasteiger partial charge in [-0.15, -0.1) is 0 Å². The predicted molar refractivity (Wildman–Crippen MR) is 92.4 cm³/mol. The van der Waals surface area contributed by atoms with E-state index >= 15 is 0 Å². The summed E-state index contributed by atoms with van der Waals surface area (Å²) in [6.07, 6.45) is 2.55. The fraction of sp³-hybridized carbons (Fsp3) is 0.176. The Kier molecular flexibility index (Phi) is 4.79. The lowest BCUT2D eigenvalue weighted by Crippen LogP contribution is -2.15. The van der Waals surface area contributed by atoms with Crippen molar-refractivity contribution in [3.8, 4) is 0 Å². The number of hydrogen-bond donors (Lipinski definition) is 0. The molecule has 10 heteroatoms. The first-order valence-electron chi connectivity index (χ1n) is 7.71. The lowest BCUT2D eigenvalue weighted by molar-refractivity contribution is -0.385. The van der Waals surface area contributed by atoms with Gasteiger partial charge in [0.15, 0.2) is 0 Å². The van der Waals surface area contributed by atoms with Crippen LogP contribution >= 0.6 is 0 Å². The number of nitro groups is 1. The third kappa shape index (κ3) is 3.19. The molecule has 0 atom stereocenters. The van der Waals surface area contributed by atoms with Crippen molar-refractivity contribution in [3.05, 3.63) is 63.6 Å². The minimum absolute atomic E-state index is 0.0211. The molecule has 0 aliphatic heterocycles. The van der Waals surface area contributed by atoms with Gasteiger partial charge in [-0.2, -0.15) is 5.10 Å². The Morgan fingerprint density at radius 2 is 1.93 bits per heavy atom. The Morgan fingerprint density at radius 3 is 2.59 bits per heavy atom. The molecule has 0 amide bonds. The number of carbonyl (C=O) groups is 2. The predicted octanol–water partition coefficient (Wildman–Crippen LogP) is 1.96. The summed E-state index contributed by atoms with van der Waals surface area (Å²) in [6.45, 7) is 0.0211. The molecule has 1 aromatic carbocycles. The summed E-state index contributed by atoms with van der Waals surface area (Å²) in [5.41, 5.74) is 0.716. The second-order valence-corrected chi connectivity index (χ2v) is 5.45. The van der Waals surface area contributed by atoms with Crippen LogP contribution in [0.1, 0.15) is 26.4 Å². The van der Waals surface area contributed by atoms with Crippen LogP contribution in [-0.4, -0.2) is 45.8 Å². The summed E-state index contributed by atoms with van der Waals surface area (Å²) in [7, 11) is 2.41. The van der Waals surface area contributed by atoms with Crippen molar-refractivity contribution in [1.82, 2.24) is 14.8 Å². The second-order valence-electron chi connectivity index (χ2n) is 5.45. The van der Waals surface area contributed by atoms with Crippen LogP contribution < -0.4 is 0 Å². The lowest BCUT2D eigenvalue weighted by Gasteiger charge is -2.10. The Morgan fingerprint density at radius 1 is 1.19 bits per heavy atom. The number of esters is 2. The van der Waals surface area contributed by atoms with Gasteiger partial charge in [0.05, 0.1) is 36.8 Å². The van der Waals surface area contributed by atoms with E-state index in [1.807, 2.05) is 0 Å². The molecule has 138 valence electrons. The largest absolute Gasteiger partial charge is 0.465 e. The van der Waals surface area contributed by atoms with Gasteiger partial charge < -0.3 is 9.47 Å². The van der Waals surface area contributed by atoms with E-state index in [4.69, 9.17) is 4.74 Å². The van der Waals surface area contributed by atoms with Gasteiger partial charge in [-0.05, 0) is 17.7 Å². The first kappa shape index (κ1) is 18.0. The molecular weight excluding hydrogens is 356 g/mol. The van der Waals surface area contributed by atoms with Crippen LogP contribution in [0.2, 0.25) is 0 Å². The van der Waals surface area contributed by atoms with Gasteiger partial charge in [-0.1, -0.05) is 12.1 Å². The Hall–Kier alpha value is -3.82. The Bertz CT molecular complexity index is 1060. The summed E-state index contributed by atoms with van der Waals surface area (Å²) < 4.78 is 10.6. The molecule has 0 saturated heterocycles. The number of nitrogens with zero attached hydrogens (tertiary/aromatic N) is 4. The van der Waals surface area contributed by atoms with Gasteiger partial charge in [0.1, 0.15) is 6.20 Å². The molecule has 0 aliphatic rings. The van der Waals surface area contributed by atoms with Gasteiger partial charge in [-0.25, -0.2) is 14.3 Å². The minimum Gasteiger partial charge on any atom is -0.465 e. The average molecular weight is 370 g/mol. The molecule has 2 aromatic heterocycles. The molecule has 0 spiro atoms. The average Bonchev–Trinajstić information content (AvgIpc) is 3.11. The number of aromatic nitrogens is 3. The number of fused-ring (bicyclic) bond motifs is 1. The third-order valence-electron chi connectivity index (χ3n) is 3.97. The molecule has 0 radical (unpaired) electrons. The van der Waals surface area contributed by atoms with E-state index in [2.05, 4.69) is 14.8 Å². The van der Waals surface area contributed by atoms with Gasteiger partial charge >= 0.3 is 17.6 Å². The zero-order valence-corrected chi connectivity index (χ0v) is 14.4. The van der Waals surface area contributed by atoms with E-state index in [-0.39, 0.29) is 12.2 Å². The van der Waals surface area contributed by atoms with Gasteiger partial charge in [0.25, 0.3) is 0 Å². The highest BCUT2D eigenvalue weighted by Gasteiger charge is 2.28. The van der Waals surface area contributed by atoms with Crippen LogP contribution in [0, 0.1) is 10.1 Å². The van der Waals surface area contributed by atoms with Crippen molar-refractivity contribution in [2.45, 2.75) is 6.54 Å². The number of carbonyl (C=O) groups excluding carboxylic acids is 2. The fourth-order valence-corrected chi connectivity index (χ4v) is 2.74. The number of ether oxygens (including phenoxy) is 2. The first-order chi connectivity index (χ1) is 13.0. The summed E-state index contributed by atoms with van der Waals surface area (Å²) in [6, 6.07) is 6.60. The first-order valence-corrected chi connectivity index (χ1v) is 7.71. The second kappa shape index (κ2) is 7.20. The summed E-state index contributed by atoms with van der Waals surface area (Å²) >= 11 is 0. The van der Waals surface area contributed by atoms with Crippen LogP contribution in [0.3, 0.4) is 0 Å². The van der Waals surface area contributed by atoms with Gasteiger partial charge in [-0.3, -0.25) is 15.1 Å². The Labute approximate surface area is 152 Å². The molecule has 10 nitrogen and oxygen atoms in total. The SMILES string of the molecule is COC(=O)c1ccc(Cn2ncc([N+](=O)[O-])c2C(=O)OC)c2ncccc12. The molecule has 3 aromatic rings. The van der Waals surface area contributed by atoms with E-state index in [1.54, 1.807) is 30.5 Å². The fourth-order valence-electron chi connectivity index (χ4n) is 2.74. The number of benzene rings is 1. The summed E-state index contributed by atoms with van der Waals surface area (Å²) in [5, 5.41) is 15.6. The van der Waals surface area contributed by atoms with Crippen molar-refractivity contribution >= 4 is 28.5 Å². The van der Waals surface area contributed by atoms with Gasteiger partial charge in [0.2, 0.25) is 5.69 Å². The quantitative estimate of drug-likeness (QED) is 0.379. The molecule has 0 unspecified atom stereocenters. The van der Waals surface area contributed by atoms with E-state index in [0.717, 1.165) is 13.3 Å². The van der Waals surface area contributed by atoms with E-state index in [1.165, 1.54) is 11.8 Å². The van der Waals surface area contributed by atoms with Crippen molar-refractivity contribution in [1.29, 1.82) is 0 Å². The van der Waals surface area contributed by atoms with E-state index in [9.17, 15) is 19.7 Å². The molecular formula is C17H14N4O6. The van der Waals surface area contributed by atoms with Crippen LogP contribution in [0.5, 0.6) is 0 Å². The van der Waals surface area contributed by atoms with Gasteiger partial charge in [0, 0.05) is 11.6 Å². The highest BCUT2D eigenvalue weighted by atomic mass is 16.6. The van der Waals surface area contributed by atoms with Crippen LogP contribution in [0.15, 0.2) is 36.7 Å². The van der Waals surface area contributed by atoms with Crippen molar-refractivity contribution in [2.24, 2.45) is 0 Å². The monoisotopic (exact) mass is 370 g/mol. The number of methoxy groups -OCH3 is 2. The summed E-state index contributed by atoms with van der Waals surface area (Å²) in [4.78, 5) is 38.7. The van der Waals surface area contributed by atoms with E-state index in [0.29, 0.717) is 22.0 Å². The van der Waals surface area contributed by atoms with Crippen LogP contribution in [-0.2, 0) is 16.0 Å². The molecule has 0 N–H and O–H groups in total. The maximum absolute atomic E-state index is 12.0. The maximum Gasteiger partial charge on any atom is 0.363 e. The topological polar surface area (TPSA) is 126 Å². The summed E-state index contributed by atoms with van der Waals surface area (Å²) in [5.74, 6) is -1.38. The molecule has 0 fully saturated rings. The number of rotatable bonds is 5. The maximum atomic E-state index is 12.0. The Balaban J connectivity index is 2.13. The smallest absolute Gasteiger partial charge is 0.363 e. The molecule has 0 aliphatic carbocycles. The van der Waals surface area contributed by atoms with Crippen LogP contribution in [0.25, 0.3) is 10.9 Å². The van der Waals surface area contributed by atoms with Crippen molar-refractivity contribution in [2.75, 3.05) is 14.2 Å². The van der Waals surface area contributed by atoms with E-state index < -0.39 is 22.5 Å². The molecule has 27 heavy (non-hydrogen) atoms. The van der Waals surface area contributed by atoms with Crippen molar-refractivity contribution in [3.63, 3.8) is 0 Å². The highest BCUT2D eigenvalue weighted by molar-refractivity contribution is 6.04. The highest BCUT2D eigenvalue weighted by Crippen LogP contribution is 2.25. The molecule has 0 bridgehead atoms.